The minimum atomic E-state index is -0.550. The maximum absolute atomic E-state index is 11.3. The molecule has 0 aliphatic heterocycles. The summed E-state index contributed by atoms with van der Waals surface area (Å²) in [5, 5.41) is 13.7. The second-order valence-corrected chi connectivity index (χ2v) is 4.58. The van der Waals surface area contributed by atoms with Crippen LogP contribution in [0.15, 0.2) is 18.2 Å². The second-order valence-electron chi connectivity index (χ2n) is 4.58. The average Bonchev–Trinajstić information content (AvgIpc) is 2.24. The first kappa shape index (κ1) is 14.0. The van der Waals surface area contributed by atoms with E-state index < -0.39 is 16.9 Å². The van der Waals surface area contributed by atoms with Crippen LogP contribution in [0.4, 0.5) is 11.4 Å². The van der Waals surface area contributed by atoms with Gasteiger partial charge in [-0.05, 0) is 24.5 Å². The van der Waals surface area contributed by atoms with Gasteiger partial charge in [0.2, 0.25) is 5.91 Å². The minimum Gasteiger partial charge on any atom is -0.373 e. The first-order chi connectivity index (χ1) is 8.31. The van der Waals surface area contributed by atoms with Gasteiger partial charge in [0.1, 0.15) is 6.04 Å². The zero-order valence-electron chi connectivity index (χ0n) is 10.6. The van der Waals surface area contributed by atoms with E-state index in [4.69, 9.17) is 5.73 Å². The average molecular weight is 251 g/mol. The first-order valence-electron chi connectivity index (χ1n) is 5.63. The summed E-state index contributed by atoms with van der Waals surface area (Å²) in [6.07, 6.45) is 0. The number of nitrogens with two attached hydrogens (primary N) is 1. The van der Waals surface area contributed by atoms with Crippen molar-refractivity contribution in [2.45, 2.75) is 26.8 Å². The number of primary amides is 1. The molecule has 3 N–H and O–H groups in total. The van der Waals surface area contributed by atoms with Crippen molar-refractivity contribution in [2.75, 3.05) is 5.32 Å². The summed E-state index contributed by atoms with van der Waals surface area (Å²) in [4.78, 5) is 21.6. The van der Waals surface area contributed by atoms with Crippen molar-refractivity contribution >= 4 is 17.3 Å². The van der Waals surface area contributed by atoms with Crippen molar-refractivity contribution in [3.8, 4) is 0 Å². The van der Waals surface area contributed by atoms with E-state index in [0.717, 1.165) is 5.56 Å². The zero-order chi connectivity index (χ0) is 13.9. The molecule has 1 unspecified atom stereocenters. The Morgan fingerprint density at radius 1 is 1.39 bits per heavy atom. The Bertz CT molecular complexity index is 472. The highest BCUT2D eigenvalue weighted by atomic mass is 16.6. The lowest BCUT2D eigenvalue weighted by molar-refractivity contribution is -0.384. The quantitative estimate of drug-likeness (QED) is 0.616. The molecule has 1 aromatic rings. The second kappa shape index (κ2) is 5.48. The van der Waals surface area contributed by atoms with Gasteiger partial charge < -0.3 is 11.1 Å². The molecule has 0 radical (unpaired) electrons. The number of aryl methyl sites for hydroxylation is 1. The molecule has 1 atom stereocenters. The number of carbonyl (C=O) groups is 1. The van der Waals surface area contributed by atoms with E-state index in [2.05, 4.69) is 5.32 Å². The number of non-ortho nitro benzene ring substituents is 1. The third-order valence-electron chi connectivity index (χ3n) is 2.57. The number of hydrogen-bond acceptors (Lipinski definition) is 4. The van der Waals surface area contributed by atoms with Gasteiger partial charge in [-0.1, -0.05) is 13.8 Å². The Kier molecular flexibility index (Phi) is 4.25. The number of hydrogen-bond donors (Lipinski definition) is 2. The number of nitro groups is 1. The molecule has 0 saturated carbocycles. The van der Waals surface area contributed by atoms with E-state index in [1.165, 1.54) is 12.1 Å². The zero-order valence-corrected chi connectivity index (χ0v) is 10.6. The van der Waals surface area contributed by atoms with Gasteiger partial charge >= 0.3 is 0 Å². The SMILES string of the molecule is Cc1cc(NC(C(N)=O)C(C)C)cc([N+](=O)[O-])c1. The number of amides is 1. The van der Waals surface area contributed by atoms with Gasteiger partial charge in [-0.15, -0.1) is 0 Å². The molecule has 6 heteroatoms. The largest absolute Gasteiger partial charge is 0.373 e. The molecule has 0 aliphatic rings. The predicted molar refractivity (Wildman–Crippen MR) is 69.3 cm³/mol. The highest BCUT2D eigenvalue weighted by Gasteiger charge is 2.20. The van der Waals surface area contributed by atoms with Crippen LogP contribution in [0.3, 0.4) is 0 Å². The van der Waals surface area contributed by atoms with Gasteiger partial charge in [0, 0.05) is 17.8 Å². The van der Waals surface area contributed by atoms with Crippen LogP contribution in [0.1, 0.15) is 19.4 Å². The summed E-state index contributed by atoms with van der Waals surface area (Å²) in [5.74, 6) is -0.476. The van der Waals surface area contributed by atoms with E-state index >= 15 is 0 Å². The third kappa shape index (κ3) is 3.44. The lowest BCUT2D eigenvalue weighted by Gasteiger charge is -2.20. The fourth-order valence-corrected chi connectivity index (χ4v) is 1.70. The van der Waals surface area contributed by atoms with Gasteiger partial charge in [-0.2, -0.15) is 0 Å². The molecule has 0 aromatic heterocycles. The molecular weight excluding hydrogens is 234 g/mol. The van der Waals surface area contributed by atoms with Crippen LogP contribution in [0.5, 0.6) is 0 Å². The Morgan fingerprint density at radius 2 is 2.00 bits per heavy atom. The van der Waals surface area contributed by atoms with E-state index in [1.807, 2.05) is 13.8 Å². The van der Waals surface area contributed by atoms with Crippen molar-refractivity contribution in [1.82, 2.24) is 0 Å². The number of nitrogens with one attached hydrogen (secondary N) is 1. The summed E-state index contributed by atoms with van der Waals surface area (Å²) in [5.41, 5.74) is 6.55. The molecule has 0 spiro atoms. The van der Waals surface area contributed by atoms with Crippen LogP contribution in [0, 0.1) is 23.0 Å². The van der Waals surface area contributed by atoms with E-state index in [-0.39, 0.29) is 11.6 Å². The monoisotopic (exact) mass is 251 g/mol. The van der Waals surface area contributed by atoms with E-state index in [9.17, 15) is 14.9 Å². The smallest absolute Gasteiger partial charge is 0.271 e. The molecule has 1 aromatic carbocycles. The molecule has 0 saturated heterocycles. The standard InChI is InChI=1S/C12H17N3O3/c1-7(2)11(12(13)16)14-9-4-8(3)5-10(6-9)15(17)18/h4-7,11,14H,1-3H3,(H2,13,16). The van der Waals surface area contributed by atoms with Gasteiger partial charge in [-0.3, -0.25) is 14.9 Å². The van der Waals surface area contributed by atoms with Crippen LogP contribution >= 0.6 is 0 Å². The van der Waals surface area contributed by atoms with Crippen molar-refractivity contribution in [3.63, 3.8) is 0 Å². The number of nitrogens with zero attached hydrogens (tertiary/aromatic N) is 1. The van der Waals surface area contributed by atoms with Crippen LogP contribution in [0.2, 0.25) is 0 Å². The fourth-order valence-electron chi connectivity index (χ4n) is 1.70. The number of anilines is 1. The molecule has 6 nitrogen and oxygen atoms in total. The van der Waals surface area contributed by atoms with Gasteiger partial charge in [-0.25, -0.2) is 0 Å². The Morgan fingerprint density at radius 3 is 2.44 bits per heavy atom. The van der Waals surface area contributed by atoms with Crippen LogP contribution < -0.4 is 11.1 Å². The fraction of sp³-hybridized carbons (Fsp3) is 0.417. The third-order valence-corrected chi connectivity index (χ3v) is 2.57. The van der Waals surface area contributed by atoms with Crippen LogP contribution in [-0.4, -0.2) is 16.9 Å². The molecule has 1 amide bonds. The normalized spacial score (nSPS) is 12.2. The van der Waals surface area contributed by atoms with Crippen molar-refractivity contribution < 1.29 is 9.72 Å². The van der Waals surface area contributed by atoms with Gasteiger partial charge in [0.15, 0.2) is 0 Å². The first-order valence-corrected chi connectivity index (χ1v) is 5.63. The molecule has 98 valence electrons. The maximum Gasteiger partial charge on any atom is 0.271 e. The maximum atomic E-state index is 11.3. The molecule has 0 aliphatic carbocycles. The number of carbonyl (C=O) groups excluding carboxylic acids is 1. The van der Waals surface area contributed by atoms with E-state index in [1.54, 1.807) is 13.0 Å². The topological polar surface area (TPSA) is 98.3 Å². The lowest BCUT2D eigenvalue weighted by atomic mass is 10.0. The number of nitro benzene ring substituents is 1. The molecule has 0 fully saturated rings. The highest BCUT2D eigenvalue weighted by Crippen LogP contribution is 2.22. The Hall–Kier alpha value is -2.11. The van der Waals surface area contributed by atoms with E-state index in [0.29, 0.717) is 5.69 Å². The number of rotatable bonds is 5. The minimum absolute atomic E-state index is 0.00192. The summed E-state index contributed by atoms with van der Waals surface area (Å²) >= 11 is 0. The molecule has 0 bridgehead atoms. The van der Waals surface area contributed by atoms with Gasteiger partial charge in [0.25, 0.3) is 5.69 Å². The Balaban J connectivity index is 3.03. The van der Waals surface area contributed by atoms with Crippen molar-refractivity contribution in [1.29, 1.82) is 0 Å². The summed E-state index contributed by atoms with van der Waals surface area (Å²) < 4.78 is 0. The van der Waals surface area contributed by atoms with Crippen LogP contribution in [-0.2, 0) is 4.79 Å². The summed E-state index contributed by atoms with van der Waals surface area (Å²) in [7, 11) is 0. The van der Waals surface area contributed by atoms with Crippen molar-refractivity contribution in [3.05, 3.63) is 33.9 Å². The van der Waals surface area contributed by atoms with Crippen molar-refractivity contribution in [2.24, 2.45) is 11.7 Å². The molecule has 1 rings (SSSR count). The predicted octanol–water partition coefficient (Wildman–Crippen LogP) is 1.83. The molecular formula is C12H17N3O3. The number of benzene rings is 1. The summed E-state index contributed by atoms with van der Waals surface area (Å²) in [6.45, 7) is 5.46. The summed E-state index contributed by atoms with van der Waals surface area (Å²) in [6, 6.07) is 4.06. The molecule has 18 heavy (non-hydrogen) atoms. The lowest BCUT2D eigenvalue weighted by Crippen LogP contribution is -2.39. The molecule has 0 heterocycles. The highest BCUT2D eigenvalue weighted by molar-refractivity contribution is 5.83. The Labute approximate surface area is 105 Å². The van der Waals surface area contributed by atoms with Crippen LogP contribution in [0.25, 0.3) is 0 Å². The van der Waals surface area contributed by atoms with Gasteiger partial charge in [0.05, 0.1) is 4.92 Å².